The third kappa shape index (κ3) is 1.58. The van der Waals surface area contributed by atoms with E-state index in [1.165, 1.54) is 19.3 Å². The maximum atomic E-state index is 10.6. The van der Waals surface area contributed by atoms with Gasteiger partial charge in [0.05, 0.1) is 11.8 Å². The molecule has 4 nitrogen and oxygen atoms in total. The van der Waals surface area contributed by atoms with E-state index in [0.717, 1.165) is 18.4 Å². The van der Waals surface area contributed by atoms with Crippen LogP contribution in [0.5, 0.6) is 0 Å². The molecular weight excluding hydrogens is 192 g/mol. The molecule has 3 rings (SSSR count). The SMILES string of the molecule is OC1(c2cnoc2)CC2CCCC(C1)N2. The number of hydrogen-bond acceptors (Lipinski definition) is 4. The molecule has 15 heavy (non-hydrogen) atoms. The van der Waals surface area contributed by atoms with Crippen molar-refractivity contribution in [3.63, 3.8) is 0 Å². The van der Waals surface area contributed by atoms with Gasteiger partial charge in [0, 0.05) is 17.6 Å². The minimum Gasteiger partial charge on any atom is -0.385 e. The molecule has 2 unspecified atom stereocenters. The minimum atomic E-state index is -0.721. The van der Waals surface area contributed by atoms with E-state index in [9.17, 15) is 5.11 Å². The first-order valence-corrected chi connectivity index (χ1v) is 5.64. The van der Waals surface area contributed by atoms with Gasteiger partial charge in [0.15, 0.2) is 0 Å². The van der Waals surface area contributed by atoms with Gasteiger partial charge in [0.2, 0.25) is 0 Å². The molecule has 2 atom stereocenters. The molecule has 2 bridgehead atoms. The Morgan fingerprint density at radius 3 is 2.73 bits per heavy atom. The number of rotatable bonds is 1. The minimum absolute atomic E-state index is 0.456. The van der Waals surface area contributed by atoms with Gasteiger partial charge in [0.25, 0.3) is 0 Å². The highest BCUT2D eigenvalue weighted by Gasteiger charge is 2.42. The molecule has 4 heteroatoms. The van der Waals surface area contributed by atoms with Gasteiger partial charge in [-0.15, -0.1) is 0 Å². The van der Waals surface area contributed by atoms with E-state index < -0.39 is 5.60 Å². The van der Waals surface area contributed by atoms with Gasteiger partial charge >= 0.3 is 0 Å². The summed E-state index contributed by atoms with van der Waals surface area (Å²) >= 11 is 0. The summed E-state index contributed by atoms with van der Waals surface area (Å²) in [5.74, 6) is 0. The molecule has 1 aromatic heterocycles. The van der Waals surface area contributed by atoms with Crippen LogP contribution in [0, 0.1) is 0 Å². The fourth-order valence-electron chi connectivity index (χ4n) is 3.00. The lowest BCUT2D eigenvalue weighted by molar-refractivity contribution is -0.0362. The first-order chi connectivity index (χ1) is 7.26. The highest BCUT2D eigenvalue weighted by Crippen LogP contribution is 2.39. The summed E-state index contributed by atoms with van der Waals surface area (Å²) in [4.78, 5) is 0. The van der Waals surface area contributed by atoms with Gasteiger partial charge in [-0.2, -0.15) is 0 Å². The van der Waals surface area contributed by atoms with Crippen molar-refractivity contribution in [2.24, 2.45) is 0 Å². The molecule has 2 saturated heterocycles. The largest absolute Gasteiger partial charge is 0.385 e. The van der Waals surface area contributed by atoms with Crippen LogP contribution in [0.1, 0.15) is 37.7 Å². The van der Waals surface area contributed by atoms with Crippen LogP contribution < -0.4 is 5.32 Å². The molecule has 0 aromatic carbocycles. The van der Waals surface area contributed by atoms with Gasteiger partial charge in [-0.25, -0.2) is 0 Å². The first-order valence-electron chi connectivity index (χ1n) is 5.64. The Hall–Kier alpha value is -0.870. The highest BCUT2D eigenvalue weighted by atomic mass is 16.5. The Morgan fingerprint density at radius 2 is 2.13 bits per heavy atom. The zero-order valence-corrected chi connectivity index (χ0v) is 8.65. The smallest absolute Gasteiger partial charge is 0.129 e. The summed E-state index contributed by atoms with van der Waals surface area (Å²) in [5, 5.41) is 17.8. The van der Waals surface area contributed by atoms with Crippen LogP contribution in [0.3, 0.4) is 0 Å². The van der Waals surface area contributed by atoms with Crippen LogP contribution in [0.25, 0.3) is 0 Å². The highest BCUT2D eigenvalue weighted by molar-refractivity contribution is 5.16. The standard InChI is InChI=1S/C11H16N2O2/c14-11(8-6-12-15-7-8)4-9-2-1-3-10(5-11)13-9/h6-7,9-10,13-14H,1-5H2. The van der Waals surface area contributed by atoms with Crippen LogP contribution >= 0.6 is 0 Å². The molecule has 1 aromatic rings. The van der Waals surface area contributed by atoms with Crippen LogP contribution in [0.2, 0.25) is 0 Å². The van der Waals surface area contributed by atoms with Crippen molar-refractivity contribution < 1.29 is 9.63 Å². The second kappa shape index (κ2) is 3.32. The molecule has 2 aliphatic rings. The normalized spacial score (nSPS) is 40.3. The lowest BCUT2D eigenvalue weighted by Crippen LogP contribution is -2.54. The average Bonchev–Trinajstić information content (AvgIpc) is 2.69. The van der Waals surface area contributed by atoms with E-state index in [4.69, 9.17) is 4.52 Å². The van der Waals surface area contributed by atoms with Crippen LogP contribution in [0.4, 0.5) is 0 Å². The van der Waals surface area contributed by atoms with Crippen molar-refractivity contribution in [1.29, 1.82) is 0 Å². The van der Waals surface area contributed by atoms with Crippen LogP contribution in [-0.2, 0) is 5.60 Å². The molecule has 2 fully saturated rings. The van der Waals surface area contributed by atoms with E-state index in [-0.39, 0.29) is 0 Å². The van der Waals surface area contributed by atoms with Crippen molar-refractivity contribution >= 4 is 0 Å². The summed E-state index contributed by atoms with van der Waals surface area (Å²) in [6.07, 6.45) is 8.40. The number of nitrogens with one attached hydrogen (secondary N) is 1. The van der Waals surface area contributed by atoms with E-state index >= 15 is 0 Å². The second-order valence-corrected chi connectivity index (χ2v) is 4.84. The summed E-state index contributed by atoms with van der Waals surface area (Å²) in [6.45, 7) is 0. The maximum absolute atomic E-state index is 10.6. The van der Waals surface area contributed by atoms with Crippen molar-refractivity contribution in [3.05, 3.63) is 18.0 Å². The summed E-state index contributed by atoms with van der Waals surface area (Å²) in [7, 11) is 0. The van der Waals surface area contributed by atoms with Crippen molar-refractivity contribution in [1.82, 2.24) is 10.5 Å². The van der Waals surface area contributed by atoms with E-state index in [2.05, 4.69) is 10.5 Å². The Morgan fingerprint density at radius 1 is 1.40 bits per heavy atom. The topological polar surface area (TPSA) is 58.3 Å². The summed E-state index contributed by atoms with van der Waals surface area (Å²) in [5.41, 5.74) is 0.113. The number of piperidine rings is 2. The number of aromatic nitrogens is 1. The number of aliphatic hydroxyl groups is 1. The monoisotopic (exact) mass is 208 g/mol. The van der Waals surface area contributed by atoms with Gasteiger partial charge in [0.1, 0.15) is 6.26 Å². The number of nitrogens with zero attached hydrogens (tertiary/aromatic N) is 1. The zero-order valence-electron chi connectivity index (χ0n) is 8.65. The molecule has 2 N–H and O–H groups in total. The van der Waals surface area contributed by atoms with Crippen LogP contribution in [0.15, 0.2) is 17.0 Å². The van der Waals surface area contributed by atoms with Crippen molar-refractivity contribution in [2.45, 2.75) is 49.8 Å². The maximum Gasteiger partial charge on any atom is 0.129 e. The first kappa shape index (κ1) is 9.36. The Kier molecular flexibility index (Phi) is 2.07. The van der Waals surface area contributed by atoms with E-state index in [0.29, 0.717) is 12.1 Å². The molecule has 2 aliphatic heterocycles. The van der Waals surface area contributed by atoms with Crippen molar-refractivity contribution in [3.8, 4) is 0 Å². The van der Waals surface area contributed by atoms with Gasteiger partial charge in [-0.05, 0) is 25.7 Å². The molecule has 0 aliphatic carbocycles. The third-order valence-electron chi connectivity index (χ3n) is 3.71. The van der Waals surface area contributed by atoms with Gasteiger partial charge in [-0.3, -0.25) is 0 Å². The van der Waals surface area contributed by atoms with Gasteiger partial charge in [-0.1, -0.05) is 11.6 Å². The molecule has 3 heterocycles. The fraction of sp³-hybridized carbons (Fsp3) is 0.727. The Balaban J connectivity index is 1.87. The molecule has 0 amide bonds. The lowest BCUT2D eigenvalue weighted by Gasteiger charge is -2.44. The predicted octanol–water partition coefficient (Wildman–Crippen LogP) is 1.17. The molecule has 0 saturated carbocycles. The number of hydrogen-bond donors (Lipinski definition) is 2. The van der Waals surface area contributed by atoms with E-state index in [1.54, 1.807) is 12.5 Å². The zero-order chi connectivity index (χ0) is 10.3. The Labute approximate surface area is 88.6 Å². The Bertz CT molecular complexity index is 324. The predicted molar refractivity (Wildman–Crippen MR) is 54.2 cm³/mol. The molecule has 0 spiro atoms. The van der Waals surface area contributed by atoms with E-state index in [1.807, 2.05) is 0 Å². The summed E-state index contributed by atoms with van der Waals surface area (Å²) < 4.78 is 4.82. The fourth-order valence-corrected chi connectivity index (χ4v) is 3.00. The average molecular weight is 208 g/mol. The lowest BCUT2D eigenvalue weighted by atomic mass is 9.75. The van der Waals surface area contributed by atoms with Gasteiger partial charge < -0.3 is 14.9 Å². The quantitative estimate of drug-likeness (QED) is 0.727. The van der Waals surface area contributed by atoms with Crippen LogP contribution in [-0.4, -0.2) is 22.3 Å². The summed E-state index contributed by atoms with van der Waals surface area (Å²) in [6, 6.07) is 0.912. The number of fused-ring (bicyclic) bond motifs is 2. The molecule has 0 radical (unpaired) electrons. The molecular formula is C11H16N2O2. The van der Waals surface area contributed by atoms with Crippen molar-refractivity contribution in [2.75, 3.05) is 0 Å². The molecule has 82 valence electrons. The second-order valence-electron chi connectivity index (χ2n) is 4.84. The third-order valence-corrected chi connectivity index (χ3v) is 3.71.